The van der Waals surface area contributed by atoms with E-state index in [1.165, 1.54) is 16.7 Å². The Hall–Kier alpha value is -5.63. The lowest BCUT2D eigenvalue weighted by atomic mass is 9.92. The molecule has 0 radical (unpaired) electrons. The standard InChI is InChI=1S/C39H24N2O2/c40-21-24-12-17-37-35(18-24)31-6-1-3-10-36(31)41(37)28-15-13-26-22-42-23-27-19-25(14-16-29(27)34(26)20-28)30-8-5-9-33-32-7-2-4-11-38(32)43-39(30)33/h1-20H,22-23H2. The molecular formula is C39H24N2O2. The molecule has 0 unspecified atom stereocenters. The number of rotatable bonds is 2. The van der Waals surface area contributed by atoms with E-state index in [1.807, 2.05) is 24.3 Å². The van der Waals surface area contributed by atoms with Crippen LogP contribution in [0, 0.1) is 11.3 Å². The molecule has 202 valence electrons. The van der Waals surface area contributed by atoms with Gasteiger partial charge in [-0.3, -0.25) is 0 Å². The summed E-state index contributed by atoms with van der Waals surface area (Å²) < 4.78 is 14.9. The summed E-state index contributed by atoms with van der Waals surface area (Å²) >= 11 is 0. The van der Waals surface area contributed by atoms with E-state index in [-0.39, 0.29) is 0 Å². The summed E-state index contributed by atoms with van der Waals surface area (Å²) in [6.45, 7) is 1.09. The first-order valence-corrected chi connectivity index (χ1v) is 14.4. The molecule has 0 aliphatic carbocycles. The number of furan rings is 1. The second kappa shape index (κ2) is 9.19. The molecule has 3 heterocycles. The summed E-state index contributed by atoms with van der Waals surface area (Å²) in [7, 11) is 0. The molecule has 43 heavy (non-hydrogen) atoms. The third-order valence-electron chi connectivity index (χ3n) is 8.78. The minimum absolute atomic E-state index is 0.537. The van der Waals surface area contributed by atoms with Gasteiger partial charge in [-0.25, -0.2) is 0 Å². The van der Waals surface area contributed by atoms with E-state index in [0.717, 1.165) is 66.1 Å². The van der Waals surface area contributed by atoms with Crippen molar-refractivity contribution in [3.8, 4) is 34.0 Å². The topological polar surface area (TPSA) is 51.1 Å². The fourth-order valence-electron chi connectivity index (χ4n) is 6.79. The van der Waals surface area contributed by atoms with Crippen molar-refractivity contribution in [3.63, 3.8) is 0 Å². The van der Waals surface area contributed by atoms with Crippen LogP contribution in [0.4, 0.5) is 0 Å². The van der Waals surface area contributed by atoms with Gasteiger partial charge in [-0.15, -0.1) is 0 Å². The average Bonchev–Trinajstić information content (AvgIpc) is 3.54. The number of nitrogens with zero attached hydrogens (tertiary/aromatic N) is 2. The van der Waals surface area contributed by atoms with Crippen molar-refractivity contribution in [1.29, 1.82) is 5.26 Å². The number of para-hydroxylation sites is 3. The predicted octanol–water partition coefficient (Wildman–Crippen LogP) is 9.92. The summed E-state index contributed by atoms with van der Waals surface area (Å²) in [5.74, 6) is 0. The van der Waals surface area contributed by atoms with Gasteiger partial charge in [0.25, 0.3) is 0 Å². The number of hydrogen-bond acceptors (Lipinski definition) is 3. The molecule has 0 fully saturated rings. The lowest BCUT2D eigenvalue weighted by Gasteiger charge is -2.14. The Bertz CT molecular complexity index is 2450. The van der Waals surface area contributed by atoms with Gasteiger partial charge in [0.15, 0.2) is 0 Å². The van der Waals surface area contributed by atoms with Crippen LogP contribution in [0.3, 0.4) is 0 Å². The Labute approximate surface area is 247 Å². The molecule has 4 nitrogen and oxygen atoms in total. The third-order valence-corrected chi connectivity index (χ3v) is 8.78. The normalized spacial score (nSPS) is 12.8. The molecule has 0 amide bonds. The van der Waals surface area contributed by atoms with Crippen LogP contribution in [0.1, 0.15) is 16.7 Å². The highest BCUT2D eigenvalue weighted by molar-refractivity contribution is 6.10. The maximum absolute atomic E-state index is 9.55. The summed E-state index contributed by atoms with van der Waals surface area (Å²) in [4.78, 5) is 0. The van der Waals surface area contributed by atoms with Crippen molar-refractivity contribution in [3.05, 3.63) is 138 Å². The highest BCUT2D eigenvalue weighted by Gasteiger charge is 2.20. The summed E-state index contributed by atoms with van der Waals surface area (Å²) in [6.07, 6.45) is 0. The highest BCUT2D eigenvalue weighted by Crippen LogP contribution is 2.40. The van der Waals surface area contributed by atoms with Crippen molar-refractivity contribution >= 4 is 43.7 Å². The van der Waals surface area contributed by atoms with Gasteiger partial charge in [0.2, 0.25) is 0 Å². The van der Waals surface area contributed by atoms with Crippen LogP contribution in [-0.2, 0) is 18.0 Å². The van der Waals surface area contributed by atoms with Gasteiger partial charge in [-0.2, -0.15) is 5.26 Å². The SMILES string of the molecule is N#Cc1ccc2c(c1)c1ccccc1n2-c1ccc2c(c1)-c1ccc(-c3cccc4c3oc3ccccc34)cc1COC2. The molecule has 8 aromatic rings. The van der Waals surface area contributed by atoms with E-state index >= 15 is 0 Å². The highest BCUT2D eigenvalue weighted by atomic mass is 16.5. The zero-order chi connectivity index (χ0) is 28.5. The molecule has 0 spiro atoms. The van der Waals surface area contributed by atoms with Gasteiger partial charge in [-0.05, 0) is 76.3 Å². The van der Waals surface area contributed by atoms with Crippen LogP contribution in [0.2, 0.25) is 0 Å². The Morgan fingerprint density at radius 1 is 0.581 bits per heavy atom. The Morgan fingerprint density at radius 2 is 1.40 bits per heavy atom. The maximum atomic E-state index is 9.55. The largest absolute Gasteiger partial charge is 0.455 e. The van der Waals surface area contributed by atoms with Gasteiger partial charge >= 0.3 is 0 Å². The fourth-order valence-corrected chi connectivity index (χ4v) is 6.79. The lowest BCUT2D eigenvalue weighted by Crippen LogP contribution is -1.97. The summed E-state index contributed by atoms with van der Waals surface area (Å²) in [5, 5.41) is 14.0. The molecular weight excluding hydrogens is 528 g/mol. The van der Waals surface area contributed by atoms with Crippen molar-refractivity contribution in [2.24, 2.45) is 0 Å². The van der Waals surface area contributed by atoms with Crippen molar-refractivity contribution in [2.75, 3.05) is 0 Å². The first kappa shape index (κ1) is 24.0. The summed E-state index contributed by atoms with van der Waals surface area (Å²) in [6, 6.07) is 44.6. The van der Waals surface area contributed by atoms with E-state index in [2.05, 4.69) is 108 Å². The molecule has 0 saturated carbocycles. The van der Waals surface area contributed by atoms with Crippen molar-refractivity contribution in [2.45, 2.75) is 13.2 Å². The van der Waals surface area contributed by atoms with Crippen LogP contribution in [0.5, 0.6) is 0 Å². The van der Waals surface area contributed by atoms with E-state index in [0.29, 0.717) is 18.8 Å². The van der Waals surface area contributed by atoms with Gasteiger partial charge in [0, 0.05) is 32.8 Å². The Balaban J connectivity index is 1.22. The molecule has 4 heteroatoms. The van der Waals surface area contributed by atoms with Gasteiger partial charge in [-0.1, -0.05) is 72.8 Å². The molecule has 0 bridgehead atoms. The van der Waals surface area contributed by atoms with Crippen molar-refractivity contribution in [1.82, 2.24) is 4.57 Å². The monoisotopic (exact) mass is 552 g/mol. The maximum Gasteiger partial charge on any atom is 0.143 e. The molecule has 1 aliphatic heterocycles. The van der Waals surface area contributed by atoms with E-state index in [9.17, 15) is 5.26 Å². The Kier molecular flexibility index (Phi) is 5.13. The van der Waals surface area contributed by atoms with Gasteiger partial charge in [0.05, 0.1) is 35.9 Å². The molecule has 0 atom stereocenters. The van der Waals surface area contributed by atoms with E-state index in [4.69, 9.17) is 9.15 Å². The number of aromatic nitrogens is 1. The first-order valence-electron chi connectivity index (χ1n) is 14.4. The van der Waals surface area contributed by atoms with Gasteiger partial charge in [0.1, 0.15) is 11.2 Å². The summed E-state index contributed by atoms with van der Waals surface area (Å²) in [5.41, 5.74) is 12.6. The van der Waals surface area contributed by atoms with E-state index < -0.39 is 0 Å². The Morgan fingerprint density at radius 3 is 2.33 bits per heavy atom. The third kappa shape index (κ3) is 3.59. The van der Waals surface area contributed by atoms with Crippen LogP contribution in [0.25, 0.3) is 71.7 Å². The van der Waals surface area contributed by atoms with Crippen molar-refractivity contribution < 1.29 is 9.15 Å². The minimum Gasteiger partial charge on any atom is -0.455 e. The van der Waals surface area contributed by atoms with Crippen LogP contribution < -0.4 is 0 Å². The number of hydrogen-bond donors (Lipinski definition) is 0. The number of fused-ring (bicyclic) bond motifs is 9. The first-order chi connectivity index (χ1) is 21.3. The average molecular weight is 553 g/mol. The van der Waals surface area contributed by atoms with Crippen LogP contribution in [-0.4, -0.2) is 4.57 Å². The zero-order valence-corrected chi connectivity index (χ0v) is 23.2. The molecule has 2 aromatic heterocycles. The second-order valence-electron chi connectivity index (χ2n) is 11.2. The van der Waals surface area contributed by atoms with Gasteiger partial charge < -0.3 is 13.7 Å². The van der Waals surface area contributed by atoms with Crippen LogP contribution in [0.15, 0.2) is 126 Å². The number of ether oxygens (including phenoxy) is 1. The smallest absolute Gasteiger partial charge is 0.143 e. The van der Waals surface area contributed by atoms with Crippen LogP contribution >= 0.6 is 0 Å². The predicted molar refractivity (Wildman–Crippen MR) is 172 cm³/mol. The molecule has 6 aromatic carbocycles. The number of nitriles is 1. The van der Waals surface area contributed by atoms with E-state index in [1.54, 1.807) is 0 Å². The lowest BCUT2D eigenvalue weighted by molar-refractivity contribution is 0.110. The molecule has 1 aliphatic rings. The zero-order valence-electron chi connectivity index (χ0n) is 23.2. The minimum atomic E-state index is 0.537. The molecule has 0 saturated heterocycles. The number of benzene rings is 6. The molecule has 0 N–H and O–H groups in total. The molecule has 9 rings (SSSR count). The fraction of sp³-hybridized carbons (Fsp3) is 0.0513. The second-order valence-corrected chi connectivity index (χ2v) is 11.2. The quantitative estimate of drug-likeness (QED) is 0.214.